The van der Waals surface area contributed by atoms with Gasteiger partial charge < -0.3 is 10.4 Å². The zero-order valence-electron chi connectivity index (χ0n) is 11.9. The van der Waals surface area contributed by atoms with Gasteiger partial charge in [0.15, 0.2) is 0 Å². The summed E-state index contributed by atoms with van der Waals surface area (Å²) >= 11 is 0. The van der Waals surface area contributed by atoms with Crippen LogP contribution in [0.15, 0.2) is 36.4 Å². The summed E-state index contributed by atoms with van der Waals surface area (Å²) in [5, 5.41) is 12.6. The molecule has 0 bridgehead atoms. The predicted octanol–water partition coefficient (Wildman–Crippen LogP) is 2.61. The molecule has 0 unspecified atom stereocenters. The first-order chi connectivity index (χ1) is 8.89. The molecule has 1 aromatic rings. The van der Waals surface area contributed by atoms with Gasteiger partial charge in [0.2, 0.25) is 5.91 Å². The van der Waals surface area contributed by atoms with Crippen molar-refractivity contribution in [1.82, 2.24) is 5.32 Å². The van der Waals surface area contributed by atoms with Crippen molar-refractivity contribution in [1.29, 1.82) is 0 Å². The fraction of sp³-hybridized carbons (Fsp3) is 0.438. The second-order valence-corrected chi connectivity index (χ2v) is 5.71. The molecule has 3 heteroatoms. The first kappa shape index (κ1) is 15.4. The molecule has 1 rings (SSSR count). The minimum atomic E-state index is -0.411. The van der Waals surface area contributed by atoms with Crippen molar-refractivity contribution in [3.8, 4) is 0 Å². The molecule has 0 heterocycles. The number of carbonyl (C=O) groups excluding carboxylic acids is 1. The van der Waals surface area contributed by atoms with Crippen LogP contribution in [0.1, 0.15) is 32.8 Å². The Morgan fingerprint density at radius 1 is 1.32 bits per heavy atom. The summed E-state index contributed by atoms with van der Waals surface area (Å²) < 4.78 is 0. The molecule has 0 fully saturated rings. The highest BCUT2D eigenvalue weighted by atomic mass is 16.3. The van der Waals surface area contributed by atoms with Gasteiger partial charge >= 0.3 is 0 Å². The molecule has 2 N–H and O–H groups in total. The molecule has 1 aromatic carbocycles. The van der Waals surface area contributed by atoms with Gasteiger partial charge in [-0.05, 0) is 23.5 Å². The number of amides is 1. The molecule has 19 heavy (non-hydrogen) atoms. The van der Waals surface area contributed by atoms with E-state index in [9.17, 15) is 9.90 Å². The standard InChI is InChI=1S/C16H23NO2/c1-16(2,3)14(18)11-12-17-15(19)10-9-13-7-5-4-6-8-13/h4-10,14,18H,11-12H2,1-3H3,(H,17,19)/b10-9+/t14-/m1/s1. The van der Waals surface area contributed by atoms with Crippen molar-refractivity contribution in [2.75, 3.05) is 6.54 Å². The Labute approximate surface area is 115 Å². The molecule has 0 aliphatic carbocycles. The Morgan fingerprint density at radius 2 is 1.95 bits per heavy atom. The summed E-state index contributed by atoms with van der Waals surface area (Å²) in [6, 6.07) is 9.67. The maximum absolute atomic E-state index is 11.6. The van der Waals surface area contributed by atoms with Crippen molar-refractivity contribution in [2.45, 2.75) is 33.3 Å². The summed E-state index contributed by atoms with van der Waals surface area (Å²) in [5.41, 5.74) is 0.845. The lowest BCUT2D eigenvalue weighted by Gasteiger charge is -2.25. The predicted molar refractivity (Wildman–Crippen MR) is 78.6 cm³/mol. The molecule has 0 aromatic heterocycles. The van der Waals surface area contributed by atoms with E-state index in [0.29, 0.717) is 13.0 Å². The fourth-order valence-corrected chi connectivity index (χ4v) is 1.56. The molecule has 0 spiro atoms. The molecule has 0 saturated heterocycles. The highest BCUT2D eigenvalue weighted by molar-refractivity contribution is 5.91. The van der Waals surface area contributed by atoms with E-state index in [1.165, 1.54) is 6.08 Å². The Kier molecular flexibility index (Phi) is 5.77. The van der Waals surface area contributed by atoms with Gasteiger partial charge in [0.05, 0.1) is 6.10 Å². The van der Waals surface area contributed by atoms with E-state index in [4.69, 9.17) is 0 Å². The SMILES string of the molecule is CC(C)(C)[C@H](O)CCNC(=O)/C=C/c1ccccc1. The van der Waals surface area contributed by atoms with Gasteiger partial charge in [-0.15, -0.1) is 0 Å². The maximum Gasteiger partial charge on any atom is 0.244 e. The van der Waals surface area contributed by atoms with E-state index in [1.807, 2.05) is 51.1 Å². The number of hydrogen-bond acceptors (Lipinski definition) is 2. The number of aliphatic hydroxyl groups is 1. The third kappa shape index (κ3) is 6.20. The lowest BCUT2D eigenvalue weighted by atomic mass is 9.87. The molecule has 1 atom stereocenters. The van der Waals surface area contributed by atoms with Gasteiger partial charge in [0.25, 0.3) is 0 Å². The van der Waals surface area contributed by atoms with Crippen molar-refractivity contribution in [2.24, 2.45) is 5.41 Å². The monoisotopic (exact) mass is 261 g/mol. The molecule has 0 aliphatic rings. The quantitative estimate of drug-likeness (QED) is 0.800. The zero-order valence-corrected chi connectivity index (χ0v) is 11.9. The molecule has 0 aliphatic heterocycles. The smallest absolute Gasteiger partial charge is 0.244 e. The van der Waals surface area contributed by atoms with Crippen LogP contribution in [0, 0.1) is 5.41 Å². The molecular formula is C16H23NO2. The summed E-state index contributed by atoms with van der Waals surface area (Å²) in [4.78, 5) is 11.6. The summed E-state index contributed by atoms with van der Waals surface area (Å²) in [7, 11) is 0. The van der Waals surface area contributed by atoms with Gasteiger partial charge in [-0.3, -0.25) is 4.79 Å². The maximum atomic E-state index is 11.6. The van der Waals surface area contributed by atoms with E-state index < -0.39 is 6.10 Å². The van der Waals surface area contributed by atoms with Gasteiger partial charge in [-0.25, -0.2) is 0 Å². The van der Waals surface area contributed by atoms with E-state index in [0.717, 1.165) is 5.56 Å². The van der Waals surface area contributed by atoms with E-state index in [1.54, 1.807) is 6.08 Å². The van der Waals surface area contributed by atoms with E-state index >= 15 is 0 Å². The molecule has 1 amide bonds. The van der Waals surface area contributed by atoms with Crippen molar-refractivity contribution >= 4 is 12.0 Å². The molecular weight excluding hydrogens is 238 g/mol. The van der Waals surface area contributed by atoms with Crippen LogP contribution in [0.4, 0.5) is 0 Å². The molecule has 104 valence electrons. The van der Waals surface area contributed by atoms with Gasteiger partial charge in [-0.2, -0.15) is 0 Å². The Morgan fingerprint density at radius 3 is 2.53 bits per heavy atom. The summed E-state index contributed by atoms with van der Waals surface area (Å²) in [5.74, 6) is -0.134. The minimum Gasteiger partial charge on any atom is -0.393 e. The number of benzene rings is 1. The summed E-state index contributed by atoms with van der Waals surface area (Å²) in [6.45, 7) is 6.43. The van der Waals surface area contributed by atoms with Crippen LogP contribution in [-0.2, 0) is 4.79 Å². The highest BCUT2D eigenvalue weighted by Crippen LogP contribution is 2.20. The third-order valence-electron chi connectivity index (χ3n) is 2.94. The van der Waals surface area contributed by atoms with Crippen LogP contribution >= 0.6 is 0 Å². The van der Waals surface area contributed by atoms with Crippen LogP contribution in [-0.4, -0.2) is 23.7 Å². The average molecular weight is 261 g/mol. The van der Waals surface area contributed by atoms with Gasteiger partial charge in [0.1, 0.15) is 0 Å². The van der Waals surface area contributed by atoms with Crippen LogP contribution in [0.3, 0.4) is 0 Å². The lowest BCUT2D eigenvalue weighted by Crippen LogP contribution is -2.31. The Hall–Kier alpha value is -1.61. The first-order valence-electron chi connectivity index (χ1n) is 6.58. The second kappa shape index (κ2) is 7.10. The number of carbonyl (C=O) groups is 1. The minimum absolute atomic E-state index is 0.134. The van der Waals surface area contributed by atoms with E-state index in [2.05, 4.69) is 5.32 Å². The highest BCUT2D eigenvalue weighted by Gasteiger charge is 2.21. The topological polar surface area (TPSA) is 49.3 Å². The Bertz CT molecular complexity index is 418. The van der Waals surface area contributed by atoms with Crippen LogP contribution < -0.4 is 5.32 Å². The number of hydrogen-bond donors (Lipinski definition) is 2. The van der Waals surface area contributed by atoms with Crippen molar-refractivity contribution in [3.63, 3.8) is 0 Å². The van der Waals surface area contributed by atoms with Gasteiger partial charge in [-0.1, -0.05) is 51.1 Å². The van der Waals surface area contributed by atoms with Crippen LogP contribution in [0.2, 0.25) is 0 Å². The van der Waals surface area contributed by atoms with Crippen LogP contribution in [0.25, 0.3) is 6.08 Å². The summed E-state index contributed by atoms with van der Waals surface area (Å²) in [6.07, 6.45) is 3.44. The molecule has 0 radical (unpaired) electrons. The van der Waals surface area contributed by atoms with Crippen LogP contribution in [0.5, 0.6) is 0 Å². The third-order valence-corrected chi connectivity index (χ3v) is 2.94. The fourth-order valence-electron chi connectivity index (χ4n) is 1.56. The van der Waals surface area contributed by atoms with Crippen molar-refractivity contribution < 1.29 is 9.90 Å². The molecule has 3 nitrogen and oxygen atoms in total. The molecule has 0 saturated carbocycles. The normalized spacial score (nSPS) is 13.5. The number of aliphatic hydroxyl groups excluding tert-OH is 1. The largest absolute Gasteiger partial charge is 0.393 e. The zero-order chi connectivity index (χ0) is 14.3. The second-order valence-electron chi connectivity index (χ2n) is 5.71. The van der Waals surface area contributed by atoms with E-state index in [-0.39, 0.29) is 11.3 Å². The lowest BCUT2D eigenvalue weighted by molar-refractivity contribution is -0.116. The van der Waals surface area contributed by atoms with Gasteiger partial charge in [0, 0.05) is 12.6 Å². The number of rotatable bonds is 5. The Balaban J connectivity index is 2.31. The van der Waals surface area contributed by atoms with Crippen molar-refractivity contribution in [3.05, 3.63) is 42.0 Å². The first-order valence-corrected chi connectivity index (χ1v) is 6.58. The average Bonchev–Trinajstić information content (AvgIpc) is 2.36. The number of nitrogens with one attached hydrogen (secondary N) is 1.